The van der Waals surface area contributed by atoms with Crippen LogP contribution in [0.2, 0.25) is 0 Å². The number of thiazole rings is 1. The highest BCUT2D eigenvalue weighted by Crippen LogP contribution is 2.35. The van der Waals surface area contributed by atoms with Gasteiger partial charge in [-0.15, -0.1) is 11.3 Å². The fourth-order valence-corrected chi connectivity index (χ4v) is 5.54. The van der Waals surface area contributed by atoms with Crippen molar-refractivity contribution in [2.75, 3.05) is 32.8 Å². The number of rotatable bonds is 13. The Morgan fingerprint density at radius 3 is 2.56 bits per heavy atom. The average molecular weight is 587 g/mol. The lowest BCUT2D eigenvalue weighted by Crippen LogP contribution is -2.13. The Kier molecular flexibility index (Phi) is 10.4. The Hall–Kier alpha value is -3.83. The van der Waals surface area contributed by atoms with Gasteiger partial charge in [-0.1, -0.05) is 25.0 Å². The number of nitrogens with one attached hydrogen (secondary N) is 1. The van der Waals surface area contributed by atoms with Gasteiger partial charge >= 0.3 is 5.97 Å². The van der Waals surface area contributed by atoms with E-state index in [1.54, 1.807) is 12.5 Å². The third-order valence-electron chi connectivity index (χ3n) is 6.91. The first-order valence-corrected chi connectivity index (χ1v) is 14.2. The van der Waals surface area contributed by atoms with Crippen LogP contribution in [0, 0.1) is 17.6 Å². The van der Waals surface area contributed by atoms with Crippen LogP contribution < -0.4 is 10.1 Å². The number of anilines is 1. The second-order valence-corrected chi connectivity index (χ2v) is 10.5. The van der Waals surface area contributed by atoms with Crippen LogP contribution in [-0.2, 0) is 20.7 Å². The zero-order valence-electron chi connectivity index (χ0n) is 22.9. The summed E-state index contributed by atoms with van der Waals surface area (Å²) in [7, 11) is 2.67. The monoisotopic (exact) mass is 586 g/mol. The molecule has 0 radical (unpaired) electrons. The molecule has 1 aliphatic carbocycles. The van der Waals surface area contributed by atoms with Gasteiger partial charge in [-0.3, -0.25) is 10.1 Å². The topological polar surface area (TPSA) is 107 Å². The second kappa shape index (κ2) is 14.2. The van der Waals surface area contributed by atoms with E-state index in [2.05, 4.69) is 15.0 Å². The van der Waals surface area contributed by atoms with E-state index in [9.17, 15) is 18.4 Å². The van der Waals surface area contributed by atoms with E-state index in [1.807, 2.05) is 18.2 Å². The third-order valence-corrected chi connectivity index (χ3v) is 7.67. The van der Waals surface area contributed by atoms with Gasteiger partial charge in [-0.2, -0.15) is 0 Å². The maximum atomic E-state index is 14.6. The molecule has 1 aromatic heterocycles. The lowest BCUT2D eigenvalue weighted by molar-refractivity contribution is -0.135. The molecule has 1 amide bonds. The molecule has 218 valence electrons. The molecule has 0 saturated heterocycles. The first kappa shape index (κ1) is 30.1. The lowest BCUT2D eigenvalue weighted by atomic mass is 10.0. The number of aryl methyl sites for hydroxylation is 1. The number of ether oxygens (including phenoxy) is 3. The Bertz CT molecular complexity index is 1390. The van der Waals surface area contributed by atoms with E-state index in [0.29, 0.717) is 30.0 Å². The minimum Gasteiger partial charge on any atom is -0.496 e. The molecule has 1 fully saturated rings. The van der Waals surface area contributed by atoms with Gasteiger partial charge in [-0.25, -0.2) is 18.6 Å². The van der Waals surface area contributed by atoms with Crippen molar-refractivity contribution in [2.45, 2.75) is 38.5 Å². The lowest BCUT2D eigenvalue weighted by Gasteiger charge is -2.13. The SMILES string of the molecule is COC(=Cc1c(F)cc(C(=O)Nc2nc(-c3cccc(CCCOCC4CCCC4)c3OC)cs2)cc1F)C(=O)O. The predicted molar refractivity (Wildman–Crippen MR) is 152 cm³/mol. The molecule has 1 aliphatic rings. The normalized spacial score (nSPS) is 13.8. The number of methoxy groups -OCH3 is 2. The summed E-state index contributed by atoms with van der Waals surface area (Å²) >= 11 is 1.16. The van der Waals surface area contributed by atoms with Gasteiger partial charge in [0.2, 0.25) is 5.76 Å². The number of carbonyl (C=O) groups is 2. The van der Waals surface area contributed by atoms with Gasteiger partial charge in [0, 0.05) is 41.4 Å². The minimum atomic E-state index is -1.49. The number of halogens is 2. The molecule has 1 saturated carbocycles. The summed E-state index contributed by atoms with van der Waals surface area (Å²) in [5, 5.41) is 13.6. The summed E-state index contributed by atoms with van der Waals surface area (Å²) in [6, 6.07) is 7.44. The van der Waals surface area contributed by atoms with E-state index < -0.39 is 34.8 Å². The van der Waals surface area contributed by atoms with Crippen LogP contribution in [0.15, 0.2) is 41.5 Å². The molecule has 0 atom stereocenters. The fraction of sp³-hybridized carbons (Fsp3) is 0.367. The molecule has 0 unspecified atom stereocenters. The van der Waals surface area contributed by atoms with Gasteiger partial charge in [0.25, 0.3) is 5.91 Å². The zero-order chi connectivity index (χ0) is 29.4. The van der Waals surface area contributed by atoms with Crippen molar-refractivity contribution in [3.63, 3.8) is 0 Å². The molecular weight excluding hydrogens is 554 g/mol. The molecule has 2 N–H and O–H groups in total. The number of hydrogen-bond acceptors (Lipinski definition) is 7. The Labute approximate surface area is 241 Å². The number of carboxylic acid groups (broad SMARTS) is 1. The van der Waals surface area contributed by atoms with Crippen molar-refractivity contribution in [3.8, 4) is 17.0 Å². The predicted octanol–water partition coefficient (Wildman–Crippen LogP) is 6.56. The fourth-order valence-electron chi connectivity index (χ4n) is 4.83. The van der Waals surface area contributed by atoms with E-state index in [-0.39, 0.29) is 10.7 Å². The van der Waals surface area contributed by atoms with E-state index >= 15 is 0 Å². The number of carboxylic acids is 1. The van der Waals surface area contributed by atoms with Crippen molar-refractivity contribution < 1.29 is 37.7 Å². The highest BCUT2D eigenvalue weighted by atomic mass is 32.1. The number of aliphatic carboxylic acids is 1. The molecule has 11 heteroatoms. The van der Waals surface area contributed by atoms with Crippen molar-refractivity contribution in [3.05, 3.63) is 69.8 Å². The molecule has 41 heavy (non-hydrogen) atoms. The highest BCUT2D eigenvalue weighted by Gasteiger charge is 2.19. The van der Waals surface area contributed by atoms with Crippen molar-refractivity contribution >= 4 is 34.4 Å². The van der Waals surface area contributed by atoms with Crippen molar-refractivity contribution in [2.24, 2.45) is 5.92 Å². The minimum absolute atomic E-state index is 0.232. The van der Waals surface area contributed by atoms with Gasteiger partial charge in [0.15, 0.2) is 5.13 Å². The van der Waals surface area contributed by atoms with E-state index in [0.717, 1.165) is 61.2 Å². The van der Waals surface area contributed by atoms with Crippen LogP contribution >= 0.6 is 11.3 Å². The van der Waals surface area contributed by atoms with Gasteiger partial charge < -0.3 is 19.3 Å². The Morgan fingerprint density at radius 1 is 1.17 bits per heavy atom. The summed E-state index contributed by atoms with van der Waals surface area (Å²) < 4.78 is 45.4. The maximum Gasteiger partial charge on any atom is 0.371 e. The van der Waals surface area contributed by atoms with Crippen LogP contribution in [-0.4, -0.2) is 49.4 Å². The van der Waals surface area contributed by atoms with Gasteiger partial charge in [0.1, 0.15) is 17.4 Å². The summed E-state index contributed by atoms with van der Waals surface area (Å²) in [4.78, 5) is 28.3. The highest BCUT2D eigenvalue weighted by molar-refractivity contribution is 7.14. The molecular formula is C30H32F2N2O6S. The molecule has 4 rings (SSSR count). The zero-order valence-corrected chi connectivity index (χ0v) is 23.7. The second-order valence-electron chi connectivity index (χ2n) is 9.69. The van der Waals surface area contributed by atoms with Crippen LogP contribution in [0.5, 0.6) is 5.75 Å². The summed E-state index contributed by atoms with van der Waals surface area (Å²) in [5.41, 5.74) is 1.43. The number of benzene rings is 2. The maximum absolute atomic E-state index is 14.6. The van der Waals surface area contributed by atoms with E-state index in [1.165, 1.54) is 25.7 Å². The van der Waals surface area contributed by atoms with Gasteiger partial charge in [0.05, 0.1) is 19.9 Å². The number of hydrogen-bond donors (Lipinski definition) is 2. The first-order valence-electron chi connectivity index (χ1n) is 13.3. The van der Waals surface area contributed by atoms with Gasteiger partial charge in [-0.05, 0) is 55.4 Å². The van der Waals surface area contributed by atoms with Crippen molar-refractivity contribution in [1.29, 1.82) is 0 Å². The molecule has 3 aromatic rings. The number of para-hydroxylation sites is 1. The quantitative estimate of drug-likeness (QED) is 0.133. The Balaban J connectivity index is 1.42. The number of nitrogens with zero attached hydrogens (tertiary/aromatic N) is 1. The van der Waals surface area contributed by atoms with Crippen LogP contribution in [0.3, 0.4) is 0 Å². The van der Waals surface area contributed by atoms with Crippen LogP contribution in [0.1, 0.15) is 53.6 Å². The average Bonchev–Trinajstić information content (AvgIpc) is 3.64. The number of aromatic nitrogens is 1. The van der Waals surface area contributed by atoms with E-state index in [4.69, 9.17) is 14.6 Å². The molecule has 0 aliphatic heterocycles. The first-order chi connectivity index (χ1) is 19.8. The molecule has 8 nitrogen and oxygen atoms in total. The largest absolute Gasteiger partial charge is 0.496 e. The summed E-state index contributed by atoms with van der Waals surface area (Å²) in [6.45, 7) is 1.51. The molecule has 2 aromatic carbocycles. The smallest absolute Gasteiger partial charge is 0.371 e. The summed E-state index contributed by atoms with van der Waals surface area (Å²) in [6.07, 6.45) is 7.46. The van der Waals surface area contributed by atoms with Crippen LogP contribution in [0.25, 0.3) is 17.3 Å². The Morgan fingerprint density at radius 2 is 1.90 bits per heavy atom. The standard InChI is InChI=1S/C30H32F2N2O6S/c1-38-26(29(36)37)15-22-23(31)13-20(14-24(22)32)28(35)34-30-33-25(17-41-30)21-11-5-9-19(27(21)39-2)10-6-12-40-16-18-7-3-4-8-18/h5,9,11,13-15,17-18H,3-4,6-8,10,12,16H2,1-2H3,(H,36,37)(H,33,34,35). The van der Waals surface area contributed by atoms with Crippen LogP contribution in [0.4, 0.5) is 13.9 Å². The number of carbonyl (C=O) groups excluding carboxylic acids is 1. The third kappa shape index (κ3) is 7.68. The number of amides is 1. The van der Waals surface area contributed by atoms with Crippen molar-refractivity contribution in [1.82, 2.24) is 4.98 Å². The molecule has 0 bridgehead atoms. The molecule has 1 heterocycles. The molecule has 0 spiro atoms. The summed E-state index contributed by atoms with van der Waals surface area (Å²) in [5.74, 6) is -3.76.